The first-order valence-electron chi connectivity index (χ1n) is 6.79. The molecule has 2 aromatic heterocycles. The summed E-state index contributed by atoms with van der Waals surface area (Å²) in [5.74, 6) is 1.01. The Morgan fingerprint density at radius 2 is 1.90 bits per heavy atom. The normalized spacial score (nSPS) is 12.8. The molecule has 0 saturated carbocycles. The van der Waals surface area contributed by atoms with Crippen molar-refractivity contribution < 1.29 is 4.57 Å². The minimum absolute atomic E-state index is 0.948. The van der Waals surface area contributed by atoms with Crippen molar-refractivity contribution in [2.75, 3.05) is 0 Å². The Morgan fingerprint density at radius 3 is 2.80 bits per heavy atom. The van der Waals surface area contributed by atoms with Gasteiger partial charge in [0.2, 0.25) is 5.82 Å². The lowest BCUT2D eigenvalue weighted by Gasteiger charge is -2.02. The maximum absolute atomic E-state index is 4.89. The summed E-state index contributed by atoms with van der Waals surface area (Å²) in [6.45, 7) is 0.948. The Morgan fingerprint density at radius 1 is 1.00 bits per heavy atom. The van der Waals surface area contributed by atoms with Gasteiger partial charge in [-0.25, -0.2) is 9.55 Å². The maximum atomic E-state index is 4.89. The van der Waals surface area contributed by atoms with E-state index in [1.807, 2.05) is 6.07 Å². The van der Waals surface area contributed by atoms with E-state index in [2.05, 4.69) is 63.8 Å². The third-order valence-electron chi connectivity index (χ3n) is 4.08. The lowest BCUT2D eigenvalue weighted by molar-refractivity contribution is -0.657. The molecular formula is C17H12N3+. The molecule has 0 bridgehead atoms. The largest absolute Gasteiger partial charge is 0.298 e. The second-order valence-electron chi connectivity index (χ2n) is 5.23. The molecule has 5 rings (SSSR count). The summed E-state index contributed by atoms with van der Waals surface area (Å²) in [7, 11) is 0. The van der Waals surface area contributed by atoms with Crippen molar-refractivity contribution >= 4 is 16.6 Å². The van der Waals surface area contributed by atoms with Crippen LogP contribution in [-0.4, -0.2) is 9.38 Å². The van der Waals surface area contributed by atoms with Gasteiger partial charge in [0, 0.05) is 11.1 Å². The van der Waals surface area contributed by atoms with Gasteiger partial charge in [0.1, 0.15) is 18.9 Å². The molecule has 1 aliphatic rings. The summed E-state index contributed by atoms with van der Waals surface area (Å²) in [6, 6.07) is 16.8. The molecule has 0 fully saturated rings. The smallest absolute Gasteiger partial charge is 0.225 e. The van der Waals surface area contributed by atoms with Crippen molar-refractivity contribution in [1.29, 1.82) is 0 Å². The molecule has 0 spiro atoms. The summed E-state index contributed by atoms with van der Waals surface area (Å²) < 4.78 is 4.50. The fourth-order valence-electron chi connectivity index (χ4n) is 3.20. The SMILES string of the molecule is c1ccc(-c2nc3cccc4c3c3n2cc[n+]3C4)cc1. The Labute approximate surface area is 115 Å². The van der Waals surface area contributed by atoms with E-state index in [9.17, 15) is 0 Å². The van der Waals surface area contributed by atoms with Crippen molar-refractivity contribution in [2.24, 2.45) is 0 Å². The van der Waals surface area contributed by atoms with Gasteiger partial charge in [-0.3, -0.25) is 0 Å². The van der Waals surface area contributed by atoms with E-state index >= 15 is 0 Å². The second kappa shape index (κ2) is 3.45. The lowest BCUT2D eigenvalue weighted by Crippen LogP contribution is -2.28. The van der Waals surface area contributed by atoms with Crippen LogP contribution in [0, 0.1) is 0 Å². The van der Waals surface area contributed by atoms with Gasteiger partial charge in [0.05, 0.1) is 10.9 Å². The van der Waals surface area contributed by atoms with Crippen molar-refractivity contribution in [1.82, 2.24) is 9.38 Å². The molecular weight excluding hydrogens is 246 g/mol. The predicted molar refractivity (Wildman–Crippen MR) is 77.4 cm³/mol. The van der Waals surface area contributed by atoms with E-state index in [-0.39, 0.29) is 0 Å². The molecule has 0 atom stereocenters. The quantitative estimate of drug-likeness (QED) is 0.424. The highest BCUT2D eigenvalue weighted by Gasteiger charge is 2.27. The van der Waals surface area contributed by atoms with Crippen LogP contribution in [0.15, 0.2) is 60.9 Å². The summed E-state index contributed by atoms with van der Waals surface area (Å²) in [6.07, 6.45) is 4.25. The predicted octanol–water partition coefficient (Wildman–Crippen LogP) is 2.80. The van der Waals surface area contributed by atoms with E-state index in [0.717, 1.165) is 23.4 Å². The first kappa shape index (κ1) is 10.1. The molecule has 3 nitrogen and oxygen atoms in total. The zero-order valence-electron chi connectivity index (χ0n) is 10.8. The second-order valence-corrected chi connectivity index (χ2v) is 5.23. The first-order valence-corrected chi connectivity index (χ1v) is 6.79. The molecule has 2 aromatic carbocycles. The highest BCUT2D eigenvalue weighted by Crippen LogP contribution is 2.29. The standard InChI is InChI=1S/C17H12N3/c1-2-5-12(6-3-1)16-18-14-8-4-7-13-11-19-9-10-20(16)17(19)15(13)14/h1-10H,11H2/q+1. The summed E-state index contributed by atoms with van der Waals surface area (Å²) in [4.78, 5) is 4.89. The molecule has 94 valence electrons. The lowest BCUT2D eigenvalue weighted by atomic mass is 10.1. The zero-order valence-corrected chi connectivity index (χ0v) is 10.8. The average Bonchev–Trinajstić information content (AvgIpc) is 3.06. The number of aromatic nitrogens is 3. The number of imidazole rings is 1. The van der Waals surface area contributed by atoms with Gasteiger partial charge < -0.3 is 0 Å². The van der Waals surface area contributed by atoms with Gasteiger partial charge in [0.15, 0.2) is 0 Å². The van der Waals surface area contributed by atoms with E-state index in [0.29, 0.717) is 0 Å². The maximum Gasteiger partial charge on any atom is 0.298 e. The van der Waals surface area contributed by atoms with Crippen LogP contribution in [-0.2, 0) is 6.54 Å². The fraction of sp³-hybridized carbons (Fsp3) is 0.0588. The highest BCUT2D eigenvalue weighted by molar-refractivity contribution is 5.95. The Balaban J connectivity index is 2.01. The summed E-state index contributed by atoms with van der Waals surface area (Å²) in [5.41, 5.74) is 4.85. The molecule has 4 aromatic rings. The number of hydrogen-bond acceptors (Lipinski definition) is 1. The zero-order chi connectivity index (χ0) is 13.1. The van der Waals surface area contributed by atoms with Crippen LogP contribution < -0.4 is 4.57 Å². The van der Waals surface area contributed by atoms with Crippen molar-refractivity contribution in [3.63, 3.8) is 0 Å². The third kappa shape index (κ3) is 1.15. The van der Waals surface area contributed by atoms with Crippen LogP contribution in [0.3, 0.4) is 0 Å². The van der Waals surface area contributed by atoms with Gasteiger partial charge in [-0.05, 0) is 18.2 Å². The van der Waals surface area contributed by atoms with Crippen molar-refractivity contribution in [3.05, 3.63) is 66.5 Å². The van der Waals surface area contributed by atoms with E-state index in [1.165, 1.54) is 16.6 Å². The minimum Gasteiger partial charge on any atom is -0.225 e. The Hall–Kier alpha value is -2.68. The molecule has 3 heterocycles. The third-order valence-corrected chi connectivity index (χ3v) is 4.08. The number of rotatable bonds is 1. The van der Waals surface area contributed by atoms with Crippen molar-refractivity contribution in [3.8, 4) is 11.4 Å². The van der Waals surface area contributed by atoms with E-state index in [1.54, 1.807) is 0 Å². The Bertz CT molecular complexity index is 968. The fourth-order valence-corrected chi connectivity index (χ4v) is 3.20. The molecule has 0 amide bonds. The number of hydrogen-bond donors (Lipinski definition) is 0. The van der Waals surface area contributed by atoms with Gasteiger partial charge in [0.25, 0.3) is 5.65 Å². The van der Waals surface area contributed by atoms with Crippen molar-refractivity contribution in [2.45, 2.75) is 6.54 Å². The van der Waals surface area contributed by atoms with Crippen LogP contribution in [0.25, 0.3) is 27.9 Å². The average molecular weight is 258 g/mol. The molecule has 0 radical (unpaired) electrons. The molecule has 0 saturated heterocycles. The van der Waals surface area contributed by atoms with Gasteiger partial charge in [-0.15, -0.1) is 0 Å². The van der Waals surface area contributed by atoms with Gasteiger partial charge in [-0.2, -0.15) is 4.40 Å². The minimum atomic E-state index is 0.948. The van der Waals surface area contributed by atoms with E-state index < -0.39 is 0 Å². The molecule has 0 aliphatic carbocycles. The van der Waals surface area contributed by atoms with Crippen LogP contribution in [0.2, 0.25) is 0 Å². The van der Waals surface area contributed by atoms with Crippen LogP contribution in [0.4, 0.5) is 0 Å². The van der Waals surface area contributed by atoms with Crippen LogP contribution in [0.5, 0.6) is 0 Å². The summed E-state index contributed by atoms with van der Waals surface area (Å²) >= 11 is 0. The molecule has 0 N–H and O–H groups in total. The summed E-state index contributed by atoms with van der Waals surface area (Å²) in [5, 5.41) is 1.29. The molecule has 0 unspecified atom stereocenters. The van der Waals surface area contributed by atoms with Gasteiger partial charge in [-0.1, -0.05) is 30.3 Å². The monoisotopic (exact) mass is 258 g/mol. The van der Waals surface area contributed by atoms with Gasteiger partial charge >= 0.3 is 0 Å². The molecule has 1 aliphatic heterocycles. The Kier molecular flexibility index (Phi) is 1.75. The molecule has 20 heavy (non-hydrogen) atoms. The van der Waals surface area contributed by atoms with Crippen LogP contribution >= 0.6 is 0 Å². The molecule has 3 heteroatoms. The first-order chi connectivity index (χ1) is 9.92. The number of nitrogens with zero attached hydrogens (tertiary/aromatic N) is 3. The highest BCUT2D eigenvalue weighted by atomic mass is 15.2. The van der Waals surface area contributed by atoms with E-state index in [4.69, 9.17) is 4.98 Å². The number of benzene rings is 2. The van der Waals surface area contributed by atoms with Crippen LogP contribution in [0.1, 0.15) is 5.56 Å². The topological polar surface area (TPSA) is 21.2 Å².